The van der Waals surface area contributed by atoms with Gasteiger partial charge in [0, 0.05) is 30.7 Å². The molecule has 0 aromatic heterocycles. The molecule has 10 heteroatoms. The van der Waals surface area contributed by atoms with E-state index in [1.807, 2.05) is 35.2 Å². The molecular formula is C27H36ClN3O5S. The fraction of sp³-hybridized carbons (Fsp3) is 0.481. The zero-order valence-corrected chi connectivity index (χ0v) is 23.4. The van der Waals surface area contributed by atoms with Gasteiger partial charge >= 0.3 is 5.97 Å². The van der Waals surface area contributed by atoms with Crippen LogP contribution in [-0.2, 0) is 24.3 Å². The van der Waals surface area contributed by atoms with E-state index in [9.17, 15) is 18.0 Å². The molecule has 0 saturated carbocycles. The Bertz CT molecular complexity index is 1200. The maximum absolute atomic E-state index is 13.7. The summed E-state index contributed by atoms with van der Waals surface area (Å²) in [5.41, 5.74) is 0.801. The number of carbonyl (C=O) groups is 2. The topological polar surface area (TPSA) is 105 Å². The van der Waals surface area contributed by atoms with Crippen molar-refractivity contribution in [2.75, 3.05) is 35.8 Å². The van der Waals surface area contributed by atoms with Crippen LogP contribution in [0, 0.1) is 11.3 Å². The summed E-state index contributed by atoms with van der Waals surface area (Å²) in [6.07, 6.45) is 1.40. The van der Waals surface area contributed by atoms with E-state index in [0.717, 1.165) is 12.0 Å². The first kappa shape index (κ1) is 28.9. The standard InChI is InChI=1S/C27H36ClN3O5S/c1-5-36-25(32)21-12-9-15-31(17-21)23-14-13-22(29-26(33)27(3,4)18-28)16-24(23)37(34,35)30-19(2)20-10-7-6-8-11-20/h6-8,10-11,13-14,16,19,21,30H,5,9,12,15,17-18H2,1-4H3,(H,29,33)/t19-,21-/m1/s1. The van der Waals surface area contributed by atoms with Gasteiger partial charge in [-0.05, 0) is 64.3 Å². The van der Waals surface area contributed by atoms with Gasteiger partial charge in [0.05, 0.1) is 23.6 Å². The number of piperidine rings is 1. The number of rotatable bonds is 10. The highest BCUT2D eigenvalue weighted by Crippen LogP contribution is 2.33. The van der Waals surface area contributed by atoms with Gasteiger partial charge < -0.3 is 15.0 Å². The van der Waals surface area contributed by atoms with Crippen LogP contribution in [0.15, 0.2) is 53.4 Å². The van der Waals surface area contributed by atoms with E-state index < -0.39 is 21.5 Å². The van der Waals surface area contributed by atoms with Gasteiger partial charge in [-0.3, -0.25) is 9.59 Å². The fourth-order valence-corrected chi connectivity index (χ4v) is 5.79. The average Bonchev–Trinajstić information content (AvgIpc) is 2.89. The zero-order chi connectivity index (χ0) is 27.2. The molecule has 0 unspecified atom stereocenters. The summed E-state index contributed by atoms with van der Waals surface area (Å²) in [6, 6.07) is 13.6. The van der Waals surface area contributed by atoms with Crippen LogP contribution >= 0.6 is 11.6 Å². The second-order valence-corrected chi connectivity index (χ2v) is 11.9. The molecule has 1 fully saturated rings. The molecule has 2 aromatic carbocycles. The minimum atomic E-state index is -4.02. The average molecular weight is 550 g/mol. The number of nitrogens with one attached hydrogen (secondary N) is 2. The van der Waals surface area contributed by atoms with Crippen LogP contribution in [0.2, 0.25) is 0 Å². The van der Waals surface area contributed by atoms with Crippen LogP contribution in [0.4, 0.5) is 11.4 Å². The predicted molar refractivity (Wildman–Crippen MR) is 146 cm³/mol. The Labute approximate surface area is 224 Å². The predicted octanol–water partition coefficient (Wildman–Crippen LogP) is 4.71. The van der Waals surface area contributed by atoms with E-state index >= 15 is 0 Å². The normalized spacial score (nSPS) is 17.2. The molecule has 1 saturated heterocycles. The van der Waals surface area contributed by atoms with Gasteiger partial charge in [0.15, 0.2) is 0 Å². The minimum Gasteiger partial charge on any atom is -0.466 e. The highest BCUT2D eigenvalue weighted by Gasteiger charge is 2.32. The van der Waals surface area contributed by atoms with Crippen molar-refractivity contribution in [1.29, 1.82) is 0 Å². The highest BCUT2D eigenvalue weighted by molar-refractivity contribution is 7.89. The van der Waals surface area contributed by atoms with Crippen molar-refractivity contribution in [2.45, 2.75) is 51.5 Å². The van der Waals surface area contributed by atoms with Crippen LogP contribution in [0.25, 0.3) is 0 Å². The van der Waals surface area contributed by atoms with Gasteiger partial charge in [-0.2, -0.15) is 0 Å². The summed E-state index contributed by atoms with van der Waals surface area (Å²) < 4.78 is 35.4. The molecule has 1 heterocycles. The summed E-state index contributed by atoms with van der Waals surface area (Å²) in [7, 11) is -4.02. The number of hydrogen-bond acceptors (Lipinski definition) is 6. The third kappa shape index (κ3) is 7.24. The van der Waals surface area contributed by atoms with Crippen LogP contribution in [0.1, 0.15) is 52.1 Å². The molecule has 0 radical (unpaired) electrons. The van der Waals surface area contributed by atoms with Crippen molar-refractivity contribution in [1.82, 2.24) is 4.72 Å². The molecule has 2 atom stereocenters. The molecule has 0 bridgehead atoms. The molecule has 1 aliphatic rings. The number of ether oxygens (including phenoxy) is 1. The van der Waals surface area contributed by atoms with E-state index in [2.05, 4.69) is 10.0 Å². The van der Waals surface area contributed by atoms with Crippen LogP contribution in [0.5, 0.6) is 0 Å². The lowest BCUT2D eigenvalue weighted by atomic mass is 9.95. The van der Waals surface area contributed by atoms with E-state index in [-0.39, 0.29) is 28.6 Å². The number of nitrogens with zero attached hydrogens (tertiary/aromatic N) is 1. The molecule has 1 aliphatic heterocycles. The van der Waals surface area contributed by atoms with Gasteiger partial charge in [-0.15, -0.1) is 11.6 Å². The molecule has 0 aliphatic carbocycles. The van der Waals surface area contributed by atoms with Gasteiger partial charge in [0.2, 0.25) is 15.9 Å². The highest BCUT2D eigenvalue weighted by atomic mass is 35.5. The number of amides is 1. The summed E-state index contributed by atoms with van der Waals surface area (Å²) in [5, 5.41) is 2.80. The Morgan fingerprint density at radius 3 is 2.54 bits per heavy atom. The fourth-order valence-electron chi connectivity index (χ4n) is 4.18. The third-order valence-electron chi connectivity index (χ3n) is 6.47. The SMILES string of the molecule is CCOC(=O)[C@@H]1CCCN(c2ccc(NC(=O)C(C)(C)CCl)cc2S(=O)(=O)N[C@H](C)c2ccccc2)C1. The Hall–Kier alpha value is -2.62. The van der Waals surface area contributed by atoms with E-state index in [4.69, 9.17) is 16.3 Å². The van der Waals surface area contributed by atoms with E-state index in [1.165, 1.54) is 6.07 Å². The van der Waals surface area contributed by atoms with Crippen molar-refractivity contribution < 1.29 is 22.7 Å². The summed E-state index contributed by atoms with van der Waals surface area (Å²) in [5.74, 6) is -0.824. The number of sulfonamides is 1. The summed E-state index contributed by atoms with van der Waals surface area (Å²) in [4.78, 5) is 27.1. The summed E-state index contributed by atoms with van der Waals surface area (Å²) in [6.45, 7) is 8.21. The van der Waals surface area contributed by atoms with E-state index in [1.54, 1.807) is 39.8 Å². The number of halogens is 1. The van der Waals surface area contributed by atoms with Gasteiger partial charge in [0.25, 0.3) is 0 Å². The maximum Gasteiger partial charge on any atom is 0.310 e. The first-order chi connectivity index (χ1) is 17.5. The maximum atomic E-state index is 13.7. The van der Waals surface area contributed by atoms with Crippen molar-refractivity contribution in [3.8, 4) is 0 Å². The molecule has 8 nitrogen and oxygen atoms in total. The van der Waals surface area contributed by atoms with Crippen LogP contribution < -0.4 is 14.9 Å². The zero-order valence-electron chi connectivity index (χ0n) is 21.8. The lowest BCUT2D eigenvalue weighted by Gasteiger charge is -2.34. The van der Waals surface area contributed by atoms with Gasteiger partial charge in [-0.1, -0.05) is 30.3 Å². The number of hydrogen-bond donors (Lipinski definition) is 2. The first-order valence-corrected chi connectivity index (χ1v) is 14.5. The van der Waals surface area contributed by atoms with Crippen LogP contribution in [-0.4, -0.2) is 45.9 Å². The van der Waals surface area contributed by atoms with Crippen molar-refractivity contribution in [3.05, 3.63) is 54.1 Å². The largest absolute Gasteiger partial charge is 0.466 e. The van der Waals surface area contributed by atoms with E-state index in [0.29, 0.717) is 37.5 Å². The molecule has 2 aromatic rings. The number of benzene rings is 2. The second kappa shape index (κ2) is 12.3. The molecule has 2 N–H and O–H groups in total. The Morgan fingerprint density at radius 2 is 1.89 bits per heavy atom. The molecular weight excluding hydrogens is 514 g/mol. The van der Waals surface area contributed by atoms with Crippen molar-refractivity contribution in [3.63, 3.8) is 0 Å². The molecule has 3 rings (SSSR count). The molecule has 37 heavy (non-hydrogen) atoms. The van der Waals surface area contributed by atoms with Crippen molar-refractivity contribution >= 4 is 44.9 Å². The van der Waals surface area contributed by atoms with Crippen molar-refractivity contribution in [2.24, 2.45) is 11.3 Å². The van der Waals surface area contributed by atoms with Gasteiger partial charge in [-0.25, -0.2) is 13.1 Å². The second-order valence-electron chi connectivity index (χ2n) is 9.95. The first-order valence-electron chi connectivity index (χ1n) is 12.5. The monoisotopic (exact) mass is 549 g/mol. The third-order valence-corrected chi connectivity index (χ3v) is 8.71. The Balaban J connectivity index is 1.99. The lowest BCUT2D eigenvalue weighted by molar-refractivity contribution is -0.148. The Kier molecular flexibility index (Phi) is 9.61. The van der Waals surface area contributed by atoms with Gasteiger partial charge in [0.1, 0.15) is 4.90 Å². The quantitative estimate of drug-likeness (QED) is 0.328. The number of anilines is 2. The smallest absolute Gasteiger partial charge is 0.310 e. The Morgan fingerprint density at radius 1 is 1.19 bits per heavy atom. The summed E-state index contributed by atoms with van der Waals surface area (Å²) >= 11 is 5.95. The minimum absolute atomic E-state index is 0.0290. The lowest BCUT2D eigenvalue weighted by Crippen LogP contribution is -2.40. The number of carbonyl (C=O) groups excluding carboxylic acids is 2. The molecule has 0 spiro atoms. The molecule has 202 valence electrons. The number of esters is 1. The van der Waals surface area contributed by atoms with Crippen LogP contribution in [0.3, 0.4) is 0 Å². The molecule has 1 amide bonds. The number of alkyl halides is 1.